The molecular formula is C23H20F4N2O3. The van der Waals surface area contributed by atoms with Crippen molar-refractivity contribution in [2.24, 2.45) is 0 Å². The molecule has 1 heterocycles. The molecular weight excluding hydrogens is 428 g/mol. The molecule has 0 unspecified atom stereocenters. The van der Waals surface area contributed by atoms with Crippen molar-refractivity contribution in [3.8, 4) is 11.1 Å². The molecule has 1 fully saturated rings. The fraction of sp³-hybridized carbons (Fsp3) is 0.304. The van der Waals surface area contributed by atoms with Gasteiger partial charge in [-0.3, -0.25) is 4.98 Å². The average molecular weight is 448 g/mol. The largest absolute Gasteiger partial charge is 0.462 e. The zero-order valence-corrected chi connectivity index (χ0v) is 17.2. The number of hydrogen-bond acceptors (Lipinski definition) is 5. The average Bonchev–Trinajstić information content (AvgIpc) is 3.58. The van der Waals surface area contributed by atoms with Crippen LogP contribution in [-0.4, -0.2) is 36.8 Å². The smallest absolute Gasteiger partial charge is 0.341 e. The number of anilines is 1. The number of aromatic nitrogens is 1. The summed E-state index contributed by atoms with van der Waals surface area (Å²) in [6.45, 7) is 2.48. The highest BCUT2D eigenvalue weighted by Gasteiger charge is 2.24. The van der Waals surface area contributed by atoms with Crippen LogP contribution in [0.4, 0.5) is 23.2 Å². The number of carbonyl (C=O) groups is 1. The van der Waals surface area contributed by atoms with Crippen molar-refractivity contribution in [1.29, 1.82) is 0 Å². The van der Waals surface area contributed by atoms with Crippen molar-refractivity contribution < 1.29 is 31.8 Å². The van der Waals surface area contributed by atoms with Gasteiger partial charge in [0.05, 0.1) is 30.5 Å². The van der Waals surface area contributed by atoms with Gasteiger partial charge in [-0.05, 0) is 38.0 Å². The molecule has 168 valence electrons. The van der Waals surface area contributed by atoms with Gasteiger partial charge < -0.3 is 14.8 Å². The fourth-order valence-corrected chi connectivity index (χ4v) is 3.43. The summed E-state index contributed by atoms with van der Waals surface area (Å²) in [5.74, 6) is -5.48. The fourth-order valence-electron chi connectivity index (χ4n) is 3.43. The Bertz CT molecular complexity index is 1180. The second kappa shape index (κ2) is 9.12. The summed E-state index contributed by atoms with van der Waals surface area (Å²) in [4.78, 5) is 16.6. The minimum Gasteiger partial charge on any atom is -0.462 e. The molecule has 1 aromatic heterocycles. The predicted molar refractivity (Wildman–Crippen MR) is 110 cm³/mol. The number of hydrogen-bond donors (Lipinski definition) is 1. The summed E-state index contributed by atoms with van der Waals surface area (Å²) >= 11 is 0. The molecule has 32 heavy (non-hydrogen) atoms. The van der Waals surface area contributed by atoms with Gasteiger partial charge in [0.25, 0.3) is 0 Å². The van der Waals surface area contributed by atoms with E-state index in [0.717, 1.165) is 18.9 Å². The number of carbonyl (C=O) groups excluding carboxylic acids is 1. The van der Waals surface area contributed by atoms with Crippen LogP contribution in [0, 0.1) is 23.3 Å². The van der Waals surface area contributed by atoms with Crippen molar-refractivity contribution in [3.63, 3.8) is 0 Å². The van der Waals surface area contributed by atoms with Crippen LogP contribution < -0.4 is 5.32 Å². The van der Waals surface area contributed by atoms with Crippen molar-refractivity contribution in [2.45, 2.75) is 25.9 Å². The van der Waals surface area contributed by atoms with Crippen LogP contribution in [0.3, 0.4) is 0 Å². The molecule has 4 rings (SSSR count). The lowest BCUT2D eigenvalue weighted by Gasteiger charge is -2.16. The molecule has 0 saturated heterocycles. The van der Waals surface area contributed by atoms with Gasteiger partial charge in [0.15, 0.2) is 11.6 Å². The first-order chi connectivity index (χ1) is 15.4. The summed E-state index contributed by atoms with van der Waals surface area (Å²) in [5.41, 5.74) is -0.704. The van der Waals surface area contributed by atoms with E-state index < -0.39 is 40.4 Å². The lowest BCUT2D eigenvalue weighted by Crippen LogP contribution is -2.15. The number of ether oxygens (including phenoxy) is 2. The van der Waals surface area contributed by atoms with E-state index in [0.29, 0.717) is 25.3 Å². The number of benzene rings is 2. The minimum absolute atomic E-state index is 0.0624. The molecule has 2 aromatic carbocycles. The van der Waals surface area contributed by atoms with Gasteiger partial charge >= 0.3 is 5.97 Å². The van der Waals surface area contributed by atoms with Gasteiger partial charge in [0.2, 0.25) is 0 Å². The third-order valence-corrected chi connectivity index (χ3v) is 5.03. The van der Waals surface area contributed by atoms with E-state index in [1.165, 1.54) is 12.3 Å². The molecule has 0 amide bonds. The Hall–Kier alpha value is -3.20. The molecule has 1 aliphatic rings. The third-order valence-electron chi connectivity index (χ3n) is 5.03. The van der Waals surface area contributed by atoms with Crippen molar-refractivity contribution in [2.75, 3.05) is 25.1 Å². The maximum Gasteiger partial charge on any atom is 0.341 e. The highest BCUT2D eigenvalue weighted by atomic mass is 19.2. The Morgan fingerprint density at radius 1 is 1.16 bits per heavy atom. The predicted octanol–water partition coefficient (Wildman–Crippen LogP) is 5.23. The van der Waals surface area contributed by atoms with Crippen LogP contribution in [0.25, 0.3) is 22.0 Å². The van der Waals surface area contributed by atoms with Crippen molar-refractivity contribution >= 4 is 22.6 Å². The lowest BCUT2D eigenvalue weighted by atomic mass is 9.98. The Labute approximate surface area is 181 Å². The van der Waals surface area contributed by atoms with E-state index in [2.05, 4.69) is 10.3 Å². The third kappa shape index (κ3) is 4.38. The molecule has 1 saturated carbocycles. The second-order valence-electron chi connectivity index (χ2n) is 7.33. The number of rotatable bonds is 8. The number of pyridine rings is 1. The normalized spacial score (nSPS) is 13.4. The maximum absolute atomic E-state index is 14.8. The Morgan fingerprint density at radius 2 is 1.94 bits per heavy atom. The number of fused-ring (bicyclic) bond motifs is 1. The van der Waals surface area contributed by atoms with Crippen LogP contribution in [0.15, 0.2) is 30.5 Å². The summed E-state index contributed by atoms with van der Waals surface area (Å²) in [6, 6.07) is 3.47. The number of halogens is 4. The first-order valence-corrected chi connectivity index (χ1v) is 10.2. The molecule has 0 aliphatic heterocycles. The minimum atomic E-state index is -1.45. The van der Waals surface area contributed by atoms with Crippen molar-refractivity contribution in [3.05, 3.63) is 59.3 Å². The Balaban J connectivity index is 1.85. The zero-order chi connectivity index (χ0) is 22.8. The van der Waals surface area contributed by atoms with E-state index >= 15 is 0 Å². The summed E-state index contributed by atoms with van der Waals surface area (Å²) in [5, 5.41) is 3.35. The zero-order valence-electron chi connectivity index (χ0n) is 17.2. The van der Waals surface area contributed by atoms with Gasteiger partial charge in [-0.15, -0.1) is 0 Å². The first-order valence-electron chi connectivity index (χ1n) is 10.2. The van der Waals surface area contributed by atoms with Gasteiger partial charge in [0.1, 0.15) is 17.2 Å². The van der Waals surface area contributed by atoms with E-state index in [4.69, 9.17) is 9.47 Å². The topological polar surface area (TPSA) is 60.5 Å². The highest BCUT2D eigenvalue weighted by molar-refractivity contribution is 6.08. The molecule has 0 spiro atoms. The van der Waals surface area contributed by atoms with Crippen LogP contribution in [0.1, 0.15) is 30.1 Å². The van der Waals surface area contributed by atoms with Gasteiger partial charge in [0, 0.05) is 35.3 Å². The molecule has 0 atom stereocenters. The quantitative estimate of drug-likeness (QED) is 0.221. The van der Waals surface area contributed by atoms with Crippen LogP contribution >= 0.6 is 0 Å². The lowest BCUT2D eigenvalue weighted by molar-refractivity contribution is 0.0527. The summed E-state index contributed by atoms with van der Waals surface area (Å²) < 4.78 is 67.6. The SMILES string of the molecule is CCOC(=O)c1cnc2c(-c3cc(F)cc(F)c3F)c(F)ccc2c1NCCOC1CC1. The van der Waals surface area contributed by atoms with E-state index in [1.54, 1.807) is 6.92 Å². The Morgan fingerprint density at radius 3 is 2.66 bits per heavy atom. The molecule has 3 aromatic rings. The second-order valence-corrected chi connectivity index (χ2v) is 7.33. The summed E-state index contributed by atoms with van der Waals surface area (Å²) in [6.07, 6.45) is 3.41. The van der Waals surface area contributed by atoms with E-state index in [-0.39, 0.29) is 34.9 Å². The van der Waals surface area contributed by atoms with Crippen LogP contribution in [-0.2, 0) is 9.47 Å². The van der Waals surface area contributed by atoms with Crippen LogP contribution in [0.2, 0.25) is 0 Å². The molecule has 1 N–H and O–H groups in total. The standard InChI is InChI=1S/C23H20F4N2O3/c1-2-31-23(30)16-11-29-22-14(21(16)28-7-8-32-13-3-4-13)5-6-17(25)19(22)15-9-12(24)10-18(26)20(15)27/h5-6,9-11,13H,2-4,7-8H2,1H3,(H,28,29). The maximum atomic E-state index is 14.8. The monoisotopic (exact) mass is 448 g/mol. The van der Waals surface area contributed by atoms with Crippen molar-refractivity contribution in [1.82, 2.24) is 4.98 Å². The number of esters is 1. The van der Waals surface area contributed by atoms with E-state index in [1.807, 2.05) is 0 Å². The molecule has 0 bridgehead atoms. The Kier molecular flexibility index (Phi) is 6.27. The highest BCUT2D eigenvalue weighted by Crippen LogP contribution is 2.37. The first kappa shape index (κ1) is 22.0. The van der Waals surface area contributed by atoms with Gasteiger partial charge in [-0.1, -0.05) is 0 Å². The summed E-state index contributed by atoms with van der Waals surface area (Å²) in [7, 11) is 0. The van der Waals surface area contributed by atoms with E-state index in [9.17, 15) is 22.4 Å². The van der Waals surface area contributed by atoms with Gasteiger partial charge in [-0.25, -0.2) is 22.4 Å². The molecule has 1 aliphatic carbocycles. The van der Waals surface area contributed by atoms with Crippen LogP contribution in [0.5, 0.6) is 0 Å². The number of nitrogens with one attached hydrogen (secondary N) is 1. The number of nitrogens with zero attached hydrogens (tertiary/aromatic N) is 1. The van der Waals surface area contributed by atoms with Gasteiger partial charge in [-0.2, -0.15) is 0 Å². The molecule has 9 heteroatoms. The molecule has 5 nitrogen and oxygen atoms in total. The molecule has 0 radical (unpaired) electrons.